The van der Waals surface area contributed by atoms with Crippen molar-refractivity contribution in [2.75, 3.05) is 5.75 Å². The number of halogens is 1. The zero-order chi connectivity index (χ0) is 13.3. The molecule has 17 heavy (non-hydrogen) atoms. The van der Waals surface area contributed by atoms with Crippen molar-refractivity contribution in [1.82, 2.24) is 0 Å². The van der Waals surface area contributed by atoms with E-state index in [2.05, 4.69) is 0 Å². The van der Waals surface area contributed by atoms with Gasteiger partial charge >= 0.3 is 5.97 Å². The van der Waals surface area contributed by atoms with Gasteiger partial charge in [0.25, 0.3) is 0 Å². The molecule has 0 amide bonds. The van der Waals surface area contributed by atoms with Gasteiger partial charge in [0, 0.05) is 0 Å². The van der Waals surface area contributed by atoms with E-state index >= 15 is 0 Å². The molecule has 0 aliphatic heterocycles. The summed E-state index contributed by atoms with van der Waals surface area (Å²) in [6.07, 6.45) is 0. The Balaban J connectivity index is 3.15. The van der Waals surface area contributed by atoms with E-state index in [1.165, 1.54) is 26.0 Å². The van der Waals surface area contributed by atoms with Gasteiger partial charge in [0.2, 0.25) is 0 Å². The molecule has 6 heteroatoms. The van der Waals surface area contributed by atoms with E-state index in [1.54, 1.807) is 0 Å². The first-order valence-corrected chi connectivity index (χ1v) is 6.53. The number of aliphatic carboxylic acids is 1. The molecule has 0 atom stereocenters. The Hall–Kier alpha value is -1.43. The van der Waals surface area contributed by atoms with Crippen molar-refractivity contribution in [3.8, 4) is 0 Å². The van der Waals surface area contributed by atoms with Gasteiger partial charge in [-0.3, -0.25) is 4.79 Å². The summed E-state index contributed by atoms with van der Waals surface area (Å²) < 4.78 is 37.1. The fourth-order valence-electron chi connectivity index (χ4n) is 1.31. The lowest BCUT2D eigenvalue weighted by molar-refractivity contribution is -0.145. The second-order valence-electron chi connectivity index (χ2n) is 4.38. The highest BCUT2D eigenvalue weighted by molar-refractivity contribution is 7.91. The van der Waals surface area contributed by atoms with E-state index in [0.717, 1.165) is 12.1 Å². The molecule has 0 aliphatic carbocycles. The molecule has 0 saturated carbocycles. The largest absolute Gasteiger partial charge is 0.481 e. The van der Waals surface area contributed by atoms with Crippen LogP contribution >= 0.6 is 0 Å². The number of benzene rings is 1. The molecule has 1 rings (SSSR count). The Kier molecular flexibility index (Phi) is 3.56. The van der Waals surface area contributed by atoms with Crippen LogP contribution in [0.3, 0.4) is 0 Å². The van der Waals surface area contributed by atoms with Gasteiger partial charge in [-0.25, -0.2) is 12.8 Å². The van der Waals surface area contributed by atoms with Crippen LogP contribution in [0.5, 0.6) is 0 Å². The molecule has 0 radical (unpaired) electrons. The fourth-order valence-corrected chi connectivity index (χ4v) is 3.19. The highest BCUT2D eigenvalue weighted by atomic mass is 32.2. The second kappa shape index (κ2) is 4.44. The van der Waals surface area contributed by atoms with E-state index in [1.807, 2.05) is 0 Å². The van der Waals surface area contributed by atoms with E-state index in [-0.39, 0.29) is 0 Å². The van der Waals surface area contributed by atoms with Gasteiger partial charge in [-0.2, -0.15) is 0 Å². The van der Waals surface area contributed by atoms with Crippen molar-refractivity contribution in [1.29, 1.82) is 0 Å². The lowest BCUT2D eigenvalue weighted by Crippen LogP contribution is -2.32. The number of hydrogen-bond acceptors (Lipinski definition) is 3. The first kappa shape index (κ1) is 13.6. The molecule has 1 aromatic carbocycles. The number of sulfone groups is 1. The van der Waals surface area contributed by atoms with Crippen LogP contribution in [0.2, 0.25) is 0 Å². The summed E-state index contributed by atoms with van der Waals surface area (Å²) in [5.74, 6) is -2.75. The molecule has 94 valence electrons. The average molecular weight is 260 g/mol. The number of rotatable bonds is 4. The lowest BCUT2D eigenvalue weighted by atomic mass is 9.97. The normalized spacial score (nSPS) is 12.4. The maximum Gasteiger partial charge on any atom is 0.310 e. The maximum atomic E-state index is 13.3. The summed E-state index contributed by atoms with van der Waals surface area (Å²) in [7, 11) is -3.95. The van der Waals surface area contributed by atoms with Gasteiger partial charge in [0.1, 0.15) is 10.7 Å². The van der Waals surface area contributed by atoms with Gasteiger partial charge < -0.3 is 5.11 Å². The topological polar surface area (TPSA) is 71.4 Å². The van der Waals surface area contributed by atoms with Gasteiger partial charge in [-0.15, -0.1) is 0 Å². The first-order valence-electron chi connectivity index (χ1n) is 4.87. The van der Waals surface area contributed by atoms with Crippen LogP contribution in [-0.2, 0) is 14.6 Å². The molecule has 4 nitrogen and oxygen atoms in total. The second-order valence-corrected chi connectivity index (χ2v) is 6.34. The number of carboxylic acid groups (broad SMARTS) is 1. The molecule has 0 heterocycles. The van der Waals surface area contributed by atoms with Crippen LogP contribution in [0.25, 0.3) is 0 Å². The predicted molar refractivity (Wildman–Crippen MR) is 59.9 cm³/mol. The fraction of sp³-hybridized carbons (Fsp3) is 0.364. The van der Waals surface area contributed by atoms with Crippen LogP contribution in [0.15, 0.2) is 29.2 Å². The summed E-state index contributed by atoms with van der Waals surface area (Å²) >= 11 is 0. The van der Waals surface area contributed by atoms with E-state index in [0.29, 0.717) is 0 Å². The minimum absolute atomic E-state index is 0.464. The van der Waals surface area contributed by atoms with Gasteiger partial charge in [0.15, 0.2) is 9.84 Å². The Labute approximate surface area is 99.0 Å². The summed E-state index contributed by atoms with van der Waals surface area (Å²) in [5, 5.41) is 8.86. The number of hydrogen-bond donors (Lipinski definition) is 1. The average Bonchev–Trinajstić information content (AvgIpc) is 2.16. The number of carbonyl (C=O) groups is 1. The van der Waals surface area contributed by atoms with Crippen LogP contribution < -0.4 is 0 Å². The molecule has 0 spiro atoms. The molecule has 0 bridgehead atoms. The monoisotopic (exact) mass is 260 g/mol. The zero-order valence-electron chi connectivity index (χ0n) is 9.47. The molecule has 0 saturated heterocycles. The Morgan fingerprint density at radius 2 is 1.88 bits per heavy atom. The maximum absolute atomic E-state index is 13.3. The Morgan fingerprint density at radius 1 is 1.35 bits per heavy atom. The van der Waals surface area contributed by atoms with Crippen molar-refractivity contribution < 1.29 is 22.7 Å². The summed E-state index contributed by atoms with van der Waals surface area (Å²) in [6.45, 7) is 2.57. The van der Waals surface area contributed by atoms with Crippen molar-refractivity contribution in [2.45, 2.75) is 18.7 Å². The molecule has 0 unspecified atom stereocenters. The quantitative estimate of drug-likeness (QED) is 0.894. The highest BCUT2D eigenvalue weighted by Crippen LogP contribution is 2.24. The standard InChI is InChI=1S/C11H13FO4S/c1-11(2,10(13)14)7-17(15,16)9-6-4-3-5-8(9)12/h3-6H,7H2,1-2H3,(H,13,14). The van der Waals surface area contributed by atoms with Crippen molar-refractivity contribution in [2.24, 2.45) is 5.41 Å². The molecule has 0 fully saturated rings. The van der Waals surface area contributed by atoms with Crippen LogP contribution in [-0.4, -0.2) is 25.2 Å². The minimum atomic E-state index is -3.95. The molecule has 1 aromatic rings. The van der Waals surface area contributed by atoms with Crippen LogP contribution in [0.1, 0.15) is 13.8 Å². The van der Waals surface area contributed by atoms with Crippen LogP contribution in [0, 0.1) is 11.2 Å². The Morgan fingerprint density at radius 3 is 2.35 bits per heavy atom. The van der Waals surface area contributed by atoms with Crippen molar-refractivity contribution in [3.05, 3.63) is 30.1 Å². The molecular weight excluding hydrogens is 247 g/mol. The smallest absolute Gasteiger partial charge is 0.310 e. The molecule has 1 N–H and O–H groups in total. The Bertz CT molecular complexity index is 534. The van der Waals surface area contributed by atoms with E-state index in [4.69, 9.17) is 5.11 Å². The third-order valence-electron chi connectivity index (χ3n) is 2.30. The van der Waals surface area contributed by atoms with Gasteiger partial charge in [-0.05, 0) is 26.0 Å². The van der Waals surface area contributed by atoms with Crippen molar-refractivity contribution >= 4 is 15.8 Å². The third-order valence-corrected chi connectivity index (χ3v) is 4.40. The van der Waals surface area contributed by atoms with Gasteiger partial charge in [-0.1, -0.05) is 12.1 Å². The molecule has 0 aliphatic rings. The summed E-state index contributed by atoms with van der Waals surface area (Å²) in [6, 6.07) is 4.92. The third kappa shape index (κ3) is 3.03. The van der Waals surface area contributed by atoms with E-state index in [9.17, 15) is 17.6 Å². The summed E-state index contributed by atoms with van der Waals surface area (Å²) in [4.78, 5) is 10.4. The van der Waals surface area contributed by atoms with E-state index < -0.39 is 37.7 Å². The van der Waals surface area contributed by atoms with Gasteiger partial charge in [0.05, 0.1) is 11.2 Å². The predicted octanol–water partition coefficient (Wildman–Crippen LogP) is 1.71. The van der Waals surface area contributed by atoms with Crippen LogP contribution in [0.4, 0.5) is 4.39 Å². The zero-order valence-corrected chi connectivity index (χ0v) is 10.3. The highest BCUT2D eigenvalue weighted by Gasteiger charge is 2.35. The lowest BCUT2D eigenvalue weighted by Gasteiger charge is -2.18. The minimum Gasteiger partial charge on any atom is -0.481 e. The number of carboxylic acids is 1. The molecular formula is C11H13FO4S. The molecule has 0 aromatic heterocycles. The summed E-state index contributed by atoms with van der Waals surface area (Å²) in [5.41, 5.74) is -1.46. The SMILES string of the molecule is CC(C)(CS(=O)(=O)c1ccccc1F)C(=O)O. The first-order chi connectivity index (χ1) is 7.67. The van der Waals surface area contributed by atoms with Crippen molar-refractivity contribution in [3.63, 3.8) is 0 Å².